The van der Waals surface area contributed by atoms with Crippen LogP contribution in [0.25, 0.3) is 0 Å². The number of carboxylic acids is 2. The molecule has 0 saturated heterocycles. The Morgan fingerprint density at radius 2 is 1.54 bits per heavy atom. The van der Waals surface area contributed by atoms with Crippen LogP contribution < -0.4 is 21.7 Å². The van der Waals surface area contributed by atoms with Crippen molar-refractivity contribution in [2.45, 2.75) is 58.7 Å². The van der Waals surface area contributed by atoms with E-state index in [1.807, 2.05) is 19.2 Å². The highest BCUT2D eigenvalue weighted by Gasteiger charge is 2.29. The van der Waals surface area contributed by atoms with Gasteiger partial charge in [-0.1, -0.05) is 34.1 Å². The van der Waals surface area contributed by atoms with Crippen LogP contribution in [0.5, 0.6) is 0 Å². The zero-order chi connectivity index (χ0) is 22.0. The van der Waals surface area contributed by atoms with E-state index >= 15 is 0 Å². The second kappa shape index (κ2) is 11.9. The van der Waals surface area contributed by atoms with Crippen molar-refractivity contribution < 1.29 is 34.2 Å². The van der Waals surface area contributed by atoms with Crippen molar-refractivity contribution in [3.63, 3.8) is 0 Å². The van der Waals surface area contributed by atoms with E-state index in [4.69, 9.17) is 15.9 Å². The molecule has 0 rings (SSSR count). The monoisotopic (exact) mass is 402 g/mol. The lowest BCUT2D eigenvalue weighted by Gasteiger charge is -2.25. The second-order valence-corrected chi connectivity index (χ2v) is 6.92. The Balaban J connectivity index is 4.81. The molecule has 0 fully saturated rings. The van der Waals surface area contributed by atoms with Crippen molar-refractivity contribution in [2.24, 2.45) is 17.6 Å². The summed E-state index contributed by atoms with van der Waals surface area (Å²) in [5, 5.41) is 24.4. The summed E-state index contributed by atoms with van der Waals surface area (Å²) < 4.78 is 0. The normalized spacial score (nSPS) is 15.1. The molecule has 0 aromatic carbocycles. The number of aliphatic carboxylic acids is 2. The Labute approximate surface area is 163 Å². The molecule has 11 nitrogen and oxygen atoms in total. The van der Waals surface area contributed by atoms with Gasteiger partial charge in [0, 0.05) is 0 Å². The maximum Gasteiger partial charge on any atom is 0.326 e. The third-order valence-corrected chi connectivity index (χ3v) is 4.24. The van der Waals surface area contributed by atoms with Crippen molar-refractivity contribution in [1.29, 1.82) is 0 Å². The molecule has 0 saturated carbocycles. The average molecular weight is 402 g/mol. The lowest BCUT2D eigenvalue weighted by molar-refractivity contribution is -0.147. The number of nitrogens with one attached hydrogen (secondary N) is 3. The van der Waals surface area contributed by atoms with Crippen LogP contribution in [0.1, 0.15) is 40.5 Å². The Morgan fingerprint density at radius 1 is 0.964 bits per heavy atom. The molecule has 0 aromatic rings. The molecule has 7 N–H and O–H groups in total. The molecule has 0 radical (unpaired) electrons. The smallest absolute Gasteiger partial charge is 0.326 e. The molecule has 3 amide bonds. The molecule has 28 heavy (non-hydrogen) atoms. The summed E-state index contributed by atoms with van der Waals surface area (Å²) >= 11 is 0. The van der Waals surface area contributed by atoms with Crippen LogP contribution >= 0.6 is 0 Å². The molecular weight excluding hydrogens is 372 g/mol. The molecule has 0 aromatic heterocycles. The van der Waals surface area contributed by atoms with Crippen LogP contribution in [0.2, 0.25) is 0 Å². The number of hydrogen-bond donors (Lipinski definition) is 6. The summed E-state index contributed by atoms with van der Waals surface area (Å²) in [6.07, 6.45) is -0.110. The Kier molecular flexibility index (Phi) is 10.8. The molecule has 11 heteroatoms. The Morgan fingerprint density at radius 3 is 1.96 bits per heavy atom. The number of rotatable bonds is 12. The number of hydrogen-bond acceptors (Lipinski definition) is 6. The van der Waals surface area contributed by atoms with Gasteiger partial charge in [0.25, 0.3) is 0 Å². The molecule has 0 unspecified atom stereocenters. The van der Waals surface area contributed by atoms with Gasteiger partial charge in [0.1, 0.15) is 12.1 Å². The highest BCUT2D eigenvalue weighted by atomic mass is 16.4. The SMILES string of the molecule is CC[C@H](C)[C@H](N)C(=O)N[C@H](C(=O)NCC(=O)N[C@@H](CC(=O)O)C(=O)O)C(C)C. The minimum absolute atomic E-state index is 0.0798. The van der Waals surface area contributed by atoms with E-state index in [0.717, 1.165) is 0 Å². The van der Waals surface area contributed by atoms with E-state index in [-0.39, 0.29) is 11.8 Å². The van der Waals surface area contributed by atoms with Gasteiger partial charge in [0.05, 0.1) is 19.0 Å². The molecule has 0 aliphatic rings. The van der Waals surface area contributed by atoms with Crippen LogP contribution in [-0.2, 0) is 24.0 Å². The van der Waals surface area contributed by atoms with Crippen molar-refractivity contribution in [2.75, 3.05) is 6.54 Å². The number of carbonyl (C=O) groups excluding carboxylic acids is 3. The van der Waals surface area contributed by atoms with Crippen molar-refractivity contribution in [1.82, 2.24) is 16.0 Å². The minimum atomic E-state index is -1.61. The quantitative estimate of drug-likeness (QED) is 0.231. The third-order valence-electron chi connectivity index (χ3n) is 4.24. The van der Waals surface area contributed by atoms with E-state index < -0.39 is 60.8 Å². The number of carboxylic acid groups (broad SMARTS) is 2. The van der Waals surface area contributed by atoms with Gasteiger partial charge in [-0.25, -0.2) is 4.79 Å². The number of amides is 3. The first-order chi connectivity index (χ1) is 12.9. The predicted octanol–water partition coefficient (Wildman–Crippen LogP) is -1.34. The van der Waals surface area contributed by atoms with Gasteiger partial charge in [-0.15, -0.1) is 0 Å². The highest BCUT2D eigenvalue weighted by molar-refractivity contribution is 5.93. The van der Waals surface area contributed by atoms with E-state index in [0.29, 0.717) is 6.42 Å². The van der Waals surface area contributed by atoms with Crippen LogP contribution in [-0.4, -0.2) is 64.5 Å². The van der Waals surface area contributed by atoms with Gasteiger partial charge in [0.15, 0.2) is 0 Å². The average Bonchev–Trinajstić information content (AvgIpc) is 2.61. The maximum absolute atomic E-state index is 12.3. The molecule has 0 heterocycles. The molecular formula is C17H30N4O7. The van der Waals surface area contributed by atoms with E-state index in [9.17, 15) is 24.0 Å². The predicted molar refractivity (Wildman–Crippen MR) is 99.0 cm³/mol. The molecule has 160 valence electrons. The van der Waals surface area contributed by atoms with Gasteiger partial charge in [-0.3, -0.25) is 19.2 Å². The maximum atomic E-state index is 12.3. The van der Waals surface area contributed by atoms with Gasteiger partial charge in [0.2, 0.25) is 17.7 Å². The third kappa shape index (κ3) is 8.80. The van der Waals surface area contributed by atoms with E-state index in [1.165, 1.54) is 0 Å². The zero-order valence-corrected chi connectivity index (χ0v) is 16.5. The van der Waals surface area contributed by atoms with Crippen molar-refractivity contribution in [3.8, 4) is 0 Å². The first-order valence-corrected chi connectivity index (χ1v) is 8.98. The molecule has 4 atom stereocenters. The number of nitrogens with two attached hydrogens (primary N) is 1. The summed E-state index contributed by atoms with van der Waals surface area (Å²) in [5.41, 5.74) is 5.85. The van der Waals surface area contributed by atoms with Crippen molar-refractivity contribution >= 4 is 29.7 Å². The molecule has 0 bridgehead atoms. The lowest BCUT2D eigenvalue weighted by atomic mass is 9.97. The fourth-order valence-corrected chi connectivity index (χ4v) is 2.19. The summed E-state index contributed by atoms with van der Waals surface area (Å²) in [7, 11) is 0. The van der Waals surface area contributed by atoms with Crippen LogP contribution in [0, 0.1) is 11.8 Å². The summed E-state index contributed by atoms with van der Waals surface area (Å²) in [6, 6.07) is -3.34. The lowest BCUT2D eigenvalue weighted by Crippen LogP contribution is -2.56. The zero-order valence-electron chi connectivity index (χ0n) is 16.5. The summed E-state index contributed by atoms with van der Waals surface area (Å²) in [6.45, 7) is 6.53. The molecule has 0 spiro atoms. The number of carbonyl (C=O) groups is 5. The first-order valence-electron chi connectivity index (χ1n) is 8.98. The van der Waals surface area contributed by atoms with Crippen LogP contribution in [0.15, 0.2) is 0 Å². The van der Waals surface area contributed by atoms with Gasteiger partial charge >= 0.3 is 11.9 Å². The Hall–Kier alpha value is -2.69. The fourth-order valence-electron chi connectivity index (χ4n) is 2.19. The summed E-state index contributed by atoms with van der Waals surface area (Å²) in [5.74, 6) is -5.27. The molecule has 0 aliphatic carbocycles. The largest absolute Gasteiger partial charge is 0.481 e. The van der Waals surface area contributed by atoms with Gasteiger partial charge < -0.3 is 31.9 Å². The fraction of sp³-hybridized carbons (Fsp3) is 0.706. The van der Waals surface area contributed by atoms with Crippen molar-refractivity contribution in [3.05, 3.63) is 0 Å². The highest BCUT2D eigenvalue weighted by Crippen LogP contribution is 2.08. The Bertz CT molecular complexity index is 594. The first kappa shape index (κ1) is 25.3. The van der Waals surface area contributed by atoms with Gasteiger partial charge in [-0.2, -0.15) is 0 Å². The molecule has 0 aliphatic heterocycles. The van der Waals surface area contributed by atoms with Gasteiger partial charge in [-0.05, 0) is 11.8 Å². The summed E-state index contributed by atoms with van der Waals surface area (Å²) in [4.78, 5) is 57.9. The standard InChI is InChI=1S/C17H30N4O7/c1-5-9(4)13(18)15(25)21-14(8(2)3)16(26)19-7-11(22)20-10(17(27)28)6-12(23)24/h8-10,13-14H,5-7,18H2,1-4H3,(H,19,26)(H,20,22)(H,21,25)(H,23,24)(H,27,28)/t9-,10-,13-,14-/m0/s1. The van der Waals surface area contributed by atoms with E-state index in [1.54, 1.807) is 13.8 Å². The minimum Gasteiger partial charge on any atom is -0.481 e. The topological polar surface area (TPSA) is 188 Å². The van der Waals surface area contributed by atoms with Crippen LogP contribution in [0.4, 0.5) is 0 Å². The van der Waals surface area contributed by atoms with Crippen LogP contribution in [0.3, 0.4) is 0 Å². The second-order valence-electron chi connectivity index (χ2n) is 6.92. The van der Waals surface area contributed by atoms with E-state index in [2.05, 4.69) is 10.6 Å².